The quantitative estimate of drug-likeness (QED) is 0.0631. The molecule has 4 heteroatoms. The Hall–Kier alpha value is -1.27. The van der Waals surface area contributed by atoms with Crippen LogP contribution in [0.3, 0.4) is 0 Å². The molecule has 1 aliphatic carbocycles. The third-order valence-corrected chi connectivity index (χ3v) is 9.15. The van der Waals surface area contributed by atoms with Crippen LogP contribution in [0.25, 0.3) is 0 Å². The molecule has 1 fully saturated rings. The first-order valence-corrected chi connectivity index (χ1v) is 14.9. The molecule has 0 saturated heterocycles. The number of hydrogen-bond donors (Lipinski definition) is 0. The molecule has 0 N–H and O–H groups in total. The van der Waals surface area contributed by atoms with Gasteiger partial charge < -0.3 is 4.74 Å². The van der Waals surface area contributed by atoms with Crippen molar-refractivity contribution in [2.45, 2.75) is 142 Å². The molecule has 1 rings (SSSR count). The lowest BCUT2D eigenvalue weighted by Gasteiger charge is -2.52. The van der Waals surface area contributed by atoms with Crippen molar-refractivity contribution >= 4 is 17.6 Å². The fraction of sp³-hybridized carbons (Fsp3) is 0.812. The molecule has 0 aromatic carbocycles. The number of nitriles is 1. The Morgan fingerprint density at radius 1 is 0.972 bits per heavy atom. The highest BCUT2D eigenvalue weighted by Crippen LogP contribution is 2.55. The molecule has 3 nitrogen and oxygen atoms in total. The molecule has 3 atom stereocenters. The predicted octanol–water partition coefficient (Wildman–Crippen LogP) is 10.1. The first kappa shape index (κ1) is 32.8. The molecule has 36 heavy (non-hydrogen) atoms. The zero-order valence-electron chi connectivity index (χ0n) is 24.3. The van der Waals surface area contributed by atoms with Crippen molar-refractivity contribution in [1.29, 1.82) is 5.26 Å². The van der Waals surface area contributed by atoms with E-state index in [9.17, 15) is 10.1 Å². The van der Waals surface area contributed by atoms with E-state index < -0.39 is 0 Å². The minimum Gasteiger partial charge on any atom is -0.466 e. The van der Waals surface area contributed by atoms with Crippen LogP contribution in [0.1, 0.15) is 137 Å². The monoisotopic (exact) mass is 519 g/mol. The van der Waals surface area contributed by atoms with E-state index in [1.54, 1.807) is 0 Å². The number of carbonyl (C=O) groups excluding carboxylic acids is 1. The Balaban J connectivity index is 2.06. The molecule has 0 bridgehead atoms. The molecule has 0 amide bonds. The molecule has 0 aromatic heterocycles. The number of esters is 1. The topological polar surface area (TPSA) is 50.1 Å². The van der Waals surface area contributed by atoms with Gasteiger partial charge in [0.1, 0.15) is 0 Å². The average molecular weight is 520 g/mol. The highest BCUT2D eigenvalue weighted by molar-refractivity contribution is 6.24. The van der Waals surface area contributed by atoms with Crippen molar-refractivity contribution in [2.24, 2.45) is 17.3 Å². The highest BCUT2D eigenvalue weighted by Gasteiger charge is 2.49. The second-order valence-corrected chi connectivity index (χ2v) is 12.8. The van der Waals surface area contributed by atoms with Crippen molar-refractivity contribution in [3.63, 3.8) is 0 Å². The van der Waals surface area contributed by atoms with E-state index in [2.05, 4.69) is 39.8 Å². The molecule has 0 radical (unpaired) electrons. The van der Waals surface area contributed by atoms with Gasteiger partial charge in [0, 0.05) is 16.9 Å². The maximum Gasteiger partial charge on any atom is 0.333 e. The Morgan fingerprint density at radius 2 is 1.56 bits per heavy atom. The summed E-state index contributed by atoms with van der Waals surface area (Å²) in [7, 11) is 1.43. The number of halogens is 1. The van der Waals surface area contributed by atoms with Gasteiger partial charge in [-0.05, 0) is 83.0 Å². The van der Waals surface area contributed by atoms with E-state index in [1.165, 1.54) is 89.7 Å². The van der Waals surface area contributed by atoms with Crippen LogP contribution in [-0.2, 0) is 9.53 Å². The molecule has 1 aliphatic rings. The van der Waals surface area contributed by atoms with Crippen molar-refractivity contribution in [3.05, 3.63) is 23.3 Å². The van der Waals surface area contributed by atoms with Gasteiger partial charge in [0.15, 0.2) is 0 Å². The van der Waals surface area contributed by atoms with E-state index in [1.807, 2.05) is 13.0 Å². The first-order valence-electron chi connectivity index (χ1n) is 14.5. The van der Waals surface area contributed by atoms with Crippen LogP contribution >= 0.6 is 11.6 Å². The van der Waals surface area contributed by atoms with Gasteiger partial charge in [-0.25, -0.2) is 4.79 Å². The molecule has 0 aromatic rings. The third-order valence-electron chi connectivity index (χ3n) is 8.70. The van der Waals surface area contributed by atoms with Gasteiger partial charge in [0.25, 0.3) is 0 Å². The number of alkyl halides is 1. The molecule has 206 valence electrons. The summed E-state index contributed by atoms with van der Waals surface area (Å²) in [5, 5.41) is 9.31. The van der Waals surface area contributed by atoms with Crippen LogP contribution in [0, 0.1) is 28.6 Å². The number of rotatable bonds is 17. The summed E-state index contributed by atoms with van der Waals surface area (Å²) in [5.74, 6) is 0.751. The predicted molar refractivity (Wildman–Crippen MR) is 154 cm³/mol. The minimum absolute atomic E-state index is 0.152. The van der Waals surface area contributed by atoms with Crippen molar-refractivity contribution in [1.82, 2.24) is 0 Å². The Labute approximate surface area is 228 Å². The number of nitrogens with zero attached hydrogens (tertiary/aromatic N) is 1. The third kappa shape index (κ3) is 11.9. The smallest absolute Gasteiger partial charge is 0.333 e. The standard InChI is InChI=1S/C32H54ClNO2/c1-26(19-17-20-27(2)30(35)36-6)18-15-13-11-9-7-8-10-12-14-16-21-28-22-24-32(5,33)29(23-25-34)31(28,3)4/h18,20,28-29H,7-17,19,21-24H2,1-6H3/b26-18+,27-20+/t28-,29+,32+/m1/s1. The number of methoxy groups -OCH3 is 1. The second kappa shape index (κ2) is 17.3. The molecular weight excluding hydrogens is 466 g/mol. The lowest BCUT2D eigenvalue weighted by Crippen LogP contribution is -2.48. The molecule has 0 spiro atoms. The lowest BCUT2D eigenvalue weighted by atomic mass is 9.56. The zero-order valence-corrected chi connectivity index (χ0v) is 25.0. The second-order valence-electron chi connectivity index (χ2n) is 12.0. The zero-order chi connectivity index (χ0) is 27.0. The summed E-state index contributed by atoms with van der Waals surface area (Å²) in [6.07, 6.45) is 23.6. The number of hydrogen-bond acceptors (Lipinski definition) is 3. The van der Waals surface area contributed by atoms with Gasteiger partial charge in [-0.2, -0.15) is 5.26 Å². The summed E-state index contributed by atoms with van der Waals surface area (Å²) in [6.45, 7) is 10.8. The SMILES string of the molecule is COC(=O)/C(C)=C/CC/C(C)=C/CCCCCCCCCCC[C@@H]1CC[C@](C)(Cl)[C@@H](CC#N)C1(C)C. The summed E-state index contributed by atoms with van der Waals surface area (Å²) >= 11 is 6.82. The minimum atomic E-state index is -0.231. The van der Waals surface area contributed by atoms with E-state index in [0.29, 0.717) is 17.9 Å². The number of ether oxygens (including phenoxy) is 1. The van der Waals surface area contributed by atoms with Crippen LogP contribution in [0.2, 0.25) is 0 Å². The average Bonchev–Trinajstić information content (AvgIpc) is 2.83. The molecular formula is C32H54ClNO2. The molecule has 0 aliphatic heterocycles. The van der Waals surface area contributed by atoms with E-state index in [0.717, 1.165) is 19.3 Å². The number of allylic oxidation sites excluding steroid dienone is 3. The lowest BCUT2D eigenvalue weighted by molar-refractivity contribution is -0.136. The van der Waals surface area contributed by atoms with Crippen LogP contribution in [-0.4, -0.2) is 18.0 Å². The summed E-state index contributed by atoms with van der Waals surface area (Å²) in [4.78, 5) is 11.2. The van der Waals surface area contributed by atoms with E-state index in [-0.39, 0.29) is 22.2 Å². The van der Waals surface area contributed by atoms with Gasteiger partial charge in [0.05, 0.1) is 13.2 Å². The Kier molecular flexibility index (Phi) is 15.7. The van der Waals surface area contributed by atoms with Gasteiger partial charge in [-0.3, -0.25) is 0 Å². The maximum atomic E-state index is 11.4. The van der Waals surface area contributed by atoms with Crippen LogP contribution in [0.4, 0.5) is 0 Å². The Morgan fingerprint density at radius 3 is 2.14 bits per heavy atom. The fourth-order valence-corrected chi connectivity index (χ4v) is 6.60. The van der Waals surface area contributed by atoms with E-state index in [4.69, 9.17) is 16.3 Å². The summed E-state index contributed by atoms with van der Waals surface area (Å²) in [5.41, 5.74) is 2.26. The van der Waals surface area contributed by atoms with Gasteiger partial charge in [-0.1, -0.05) is 82.9 Å². The molecule has 0 unspecified atom stereocenters. The van der Waals surface area contributed by atoms with Gasteiger partial charge >= 0.3 is 5.97 Å². The van der Waals surface area contributed by atoms with Crippen molar-refractivity contribution in [2.75, 3.05) is 7.11 Å². The molecule has 1 saturated carbocycles. The summed E-state index contributed by atoms with van der Waals surface area (Å²) < 4.78 is 4.73. The van der Waals surface area contributed by atoms with Gasteiger partial charge in [0.2, 0.25) is 0 Å². The van der Waals surface area contributed by atoms with Crippen molar-refractivity contribution in [3.8, 4) is 6.07 Å². The van der Waals surface area contributed by atoms with Crippen LogP contribution < -0.4 is 0 Å². The van der Waals surface area contributed by atoms with E-state index >= 15 is 0 Å². The largest absolute Gasteiger partial charge is 0.466 e. The van der Waals surface area contributed by atoms with Crippen LogP contribution in [0.5, 0.6) is 0 Å². The molecule has 0 heterocycles. The summed E-state index contributed by atoms with van der Waals surface area (Å²) in [6, 6.07) is 2.40. The van der Waals surface area contributed by atoms with Gasteiger partial charge in [-0.15, -0.1) is 11.6 Å². The number of unbranched alkanes of at least 4 members (excludes halogenated alkanes) is 9. The first-order chi connectivity index (χ1) is 17.1. The van der Waals surface area contributed by atoms with Crippen molar-refractivity contribution < 1.29 is 9.53 Å². The van der Waals surface area contributed by atoms with Crippen LogP contribution in [0.15, 0.2) is 23.3 Å². The highest BCUT2D eigenvalue weighted by atomic mass is 35.5. The number of carbonyl (C=O) groups is 1. The Bertz CT molecular complexity index is 744. The maximum absolute atomic E-state index is 11.4. The fourth-order valence-electron chi connectivity index (χ4n) is 6.13. The normalized spacial score (nSPS) is 24.4.